The Morgan fingerprint density at radius 1 is 1.53 bits per heavy atom. The molecule has 19 heavy (non-hydrogen) atoms. The number of aromatic nitrogens is 2. The summed E-state index contributed by atoms with van der Waals surface area (Å²) in [6.07, 6.45) is 5.69. The normalized spacial score (nSPS) is 22.3. The molecule has 0 radical (unpaired) electrons. The molecule has 5 heteroatoms. The number of halogens is 1. The van der Waals surface area contributed by atoms with Gasteiger partial charge >= 0.3 is 0 Å². The van der Waals surface area contributed by atoms with Crippen LogP contribution in [0.15, 0.2) is 10.7 Å². The minimum absolute atomic E-state index is 0.192. The fourth-order valence-corrected chi connectivity index (χ4v) is 3.11. The highest BCUT2D eigenvalue weighted by Gasteiger charge is 2.32. The molecule has 1 aromatic rings. The van der Waals surface area contributed by atoms with Gasteiger partial charge in [-0.05, 0) is 48.0 Å². The van der Waals surface area contributed by atoms with Crippen molar-refractivity contribution < 1.29 is 9.53 Å². The molecule has 0 unspecified atom stereocenters. The second-order valence-electron chi connectivity index (χ2n) is 5.11. The van der Waals surface area contributed by atoms with Gasteiger partial charge in [0.2, 0.25) is 0 Å². The molecule has 1 aliphatic carbocycles. The second-order valence-corrected chi connectivity index (χ2v) is 5.96. The molecule has 1 aliphatic rings. The van der Waals surface area contributed by atoms with E-state index in [4.69, 9.17) is 4.74 Å². The van der Waals surface area contributed by atoms with Crippen LogP contribution in [-0.2, 0) is 11.3 Å². The highest BCUT2D eigenvalue weighted by molar-refractivity contribution is 9.10. The number of Topliss-reactive ketones (excluding diaryl/α,β-unsaturated/α-hetero) is 1. The van der Waals surface area contributed by atoms with E-state index < -0.39 is 0 Å². The molecule has 0 bridgehead atoms. The van der Waals surface area contributed by atoms with Crippen molar-refractivity contribution in [1.82, 2.24) is 9.78 Å². The molecule has 0 saturated heterocycles. The van der Waals surface area contributed by atoms with Gasteiger partial charge in [-0.3, -0.25) is 9.48 Å². The minimum atomic E-state index is 0.192. The van der Waals surface area contributed by atoms with Gasteiger partial charge in [0.05, 0.1) is 16.8 Å². The molecule has 0 amide bonds. The number of rotatable bonds is 7. The van der Waals surface area contributed by atoms with Crippen LogP contribution in [0.3, 0.4) is 0 Å². The fourth-order valence-electron chi connectivity index (χ4n) is 2.59. The first-order valence-corrected chi connectivity index (χ1v) is 7.81. The maximum absolute atomic E-state index is 12.4. The van der Waals surface area contributed by atoms with E-state index in [1.165, 1.54) is 0 Å². The Morgan fingerprint density at radius 2 is 2.26 bits per heavy atom. The Balaban J connectivity index is 1.92. The first-order valence-electron chi connectivity index (χ1n) is 7.01. The number of hydrogen-bond donors (Lipinski definition) is 0. The van der Waals surface area contributed by atoms with Gasteiger partial charge in [-0.1, -0.05) is 6.92 Å². The summed E-state index contributed by atoms with van der Waals surface area (Å²) in [5.41, 5.74) is 0.724. The molecule has 0 spiro atoms. The lowest BCUT2D eigenvalue weighted by atomic mass is 9.78. The first kappa shape index (κ1) is 14.7. The molecule has 0 aliphatic heterocycles. The van der Waals surface area contributed by atoms with E-state index in [9.17, 15) is 4.79 Å². The van der Waals surface area contributed by atoms with Gasteiger partial charge in [-0.25, -0.2) is 0 Å². The summed E-state index contributed by atoms with van der Waals surface area (Å²) in [6.45, 7) is 5.65. The summed E-state index contributed by atoms with van der Waals surface area (Å²) in [5, 5.41) is 4.25. The largest absolute Gasteiger partial charge is 0.378 e. The molecule has 106 valence electrons. The van der Waals surface area contributed by atoms with Gasteiger partial charge in [-0.2, -0.15) is 5.10 Å². The quantitative estimate of drug-likeness (QED) is 0.720. The van der Waals surface area contributed by atoms with Crippen molar-refractivity contribution in [2.75, 3.05) is 6.61 Å². The molecule has 1 heterocycles. The summed E-state index contributed by atoms with van der Waals surface area (Å²) >= 11 is 3.43. The number of aryl methyl sites for hydroxylation is 1. The highest BCUT2D eigenvalue weighted by Crippen LogP contribution is 2.34. The lowest BCUT2D eigenvalue weighted by Crippen LogP contribution is -2.33. The van der Waals surface area contributed by atoms with E-state index in [1.807, 2.05) is 11.6 Å². The topological polar surface area (TPSA) is 44.1 Å². The van der Waals surface area contributed by atoms with Crippen molar-refractivity contribution in [1.29, 1.82) is 0 Å². The average Bonchev–Trinajstić information content (AvgIpc) is 2.68. The van der Waals surface area contributed by atoms with Gasteiger partial charge in [-0.15, -0.1) is 0 Å². The molecule has 4 nitrogen and oxygen atoms in total. The van der Waals surface area contributed by atoms with Crippen LogP contribution in [0.5, 0.6) is 0 Å². The van der Waals surface area contributed by atoms with Gasteiger partial charge in [0.25, 0.3) is 0 Å². The van der Waals surface area contributed by atoms with E-state index >= 15 is 0 Å². The second kappa shape index (κ2) is 6.66. The summed E-state index contributed by atoms with van der Waals surface area (Å²) < 4.78 is 8.15. The van der Waals surface area contributed by atoms with Gasteiger partial charge < -0.3 is 4.74 Å². The SMILES string of the molecule is CCCn1ncc(Br)c1C(=O)CC1CC(OCC)C1. The average molecular weight is 329 g/mol. The van der Waals surface area contributed by atoms with Crippen LogP contribution in [0.1, 0.15) is 50.0 Å². The third kappa shape index (κ3) is 3.45. The zero-order valence-electron chi connectivity index (χ0n) is 11.6. The lowest BCUT2D eigenvalue weighted by Gasteiger charge is -2.34. The maximum atomic E-state index is 12.4. The standard InChI is InChI=1S/C14H21BrN2O2/c1-3-5-17-14(12(15)9-16-17)13(18)8-10-6-11(7-10)19-4-2/h9-11H,3-8H2,1-2H3. The molecular formula is C14H21BrN2O2. The Kier molecular flexibility index (Phi) is 5.16. The Hall–Kier alpha value is -0.680. The Bertz CT molecular complexity index is 439. The number of nitrogens with zero attached hydrogens (tertiary/aromatic N) is 2. The van der Waals surface area contributed by atoms with Crippen molar-refractivity contribution in [2.24, 2.45) is 5.92 Å². The van der Waals surface area contributed by atoms with E-state index in [0.29, 0.717) is 18.4 Å². The van der Waals surface area contributed by atoms with Gasteiger partial charge in [0, 0.05) is 19.6 Å². The highest BCUT2D eigenvalue weighted by atomic mass is 79.9. The van der Waals surface area contributed by atoms with Crippen LogP contribution in [0, 0.1) is 5.92 Å². The maximum Gasteiger partial charge on any atom is 0.182 e. The lowest BCUT2D eigenvalue weighted by molar-refractivity contribution is -0.0246. The smallest absolute Gasteiger partial charge is 0.182 e. The molecular weight excluding hydrogens is 308 g/mol. The van der Waals surface area contributed by atoms with E-state index in [0.717, 1.165) is 42.6 Å². The minimum Gasteiger partial charge on any atom is -0.378 e. The zero-order valence-corrected chi connectivity index (χ0v) is 13.1. The van der Waals surface area contributed by atoms with Crippen LogP contribution in [0.25, 0.3) is 0 Å². The zero-order chi connectivity index (χ0) is 13.8. The summed E-state index contributed by atoms with van der Waals surface area (Å²) in [6, 6.07) is 0. The predicted molar refractivity (Wildman–Crippen MR) is 77.3 cm³/mol. The Labute approximate surface area is 122 Å². The molecule has 1 saturated carbocycles. The summed E-state index contributed by atoms with van der Waals surface area (Å²) in [5.74, 6) is 0.665. The van der Waals surface area contributed by atoms with Gasteiger partial charge in [0.1, 0.15) is 5.69 Å². The molecule has 0 N–H and O–H groups in total. The monoisotopic (exact) mass is 328 g/mol. The number of hydrogen-bond acceptors (Lipinski definition) is 3. The van der Waals surface area contributed by atoms with Crippen molar-refractivity contribution in [3.05, 3.63) is 16.4 Å². The van der Waals surface area contributed by atoms with Gasteiger partial charge in [0.15, 0.2) is 5.78 Å². The summed E-state index contributed by atoms with van der Waals surface area (Å²) in [4.78, 5) is 12.4. The van der Waals surface area contributed by atoms with Crippen molar-refractivity contribution in [3.63, 3.8) is 0 Å². The summed E-state index contributed by atoms with van der Waals surface area (Å²) in [7, 11) is 0. The van der Waals surface area contributed by atoms with Crippen molar-refractivity contribution in [2.45, 2.75) is 52.2 Å². The van der Waals surface area contributed by atoms with Crippen molar-refractivity contribution in [3.8, 4) is 0 Å². The number of ketones is 1. The van der Waals surface area contributed by atoms with Crippen LogP contribution < -0.4 is 0 Å². The molecule has 0 aromatic carbocycles. The number of carbonyl (C=O) groups excluding carboxylic acids is 1. The molecule has 1 fully saturated rings. The third-order valence-corrected chi connectivity index (χ3v) is 4.14. The van der Waals surface area contributed by atoms with Crippen LogP contribution in [0.2, 0.25) is 0 Å². The first-order chi connectivity index (χ1) is 9.15. The van der Waals surface area contributed by atoms with Crippen LogP contribution in [-0.4, -0.2) is 28.3 Å². The molecule has 2 rings (SSSR count). The molecule has 1 aromatic heterocycles. The van der Waals surface area contributed by atoms with Crippen LogP contribution in [0.4, 0.5) is 0 Å². The number of ether oxygens (including phenoxy) is 1. The Morgan fingerprint density at radius 3 is 2.89 bits per heavy atom. The van der Waals surface area contributed by atoms with E-state index in [2.05, 4.69) is 28.0 Å². The van der Waals surface area contributed by atoms with Crippen LogP contribution >= 0.6 is 15.9 Å². The third-order valence-electron chi connectivity index (χ3n) is 3.56. The van der Waals surface area contributed by atoms with Crippen molar-refractivity contribution >= 4 is 21.7 Å². The number of carbonyl (C=O) groups is 1. The van der Waals surface area contributed by atoms with E-state index in [1.54, 1.807) is 6.20 Å². The fraction of sp³-hybridized carbons (Fsp3) is 0.714. The predicted octanol–water partition coefficient (Wildman–Crippen LogP) is 3.44. The van der Waals surface area contributed by atoms with E-state index in [-0.39, 0.29) is 5.78 Å². The molecule has 0 atom stereocenters.